The van der Waals surface area contributed by atoms with Crippen molar-refractivity contribution in [2.75, 3.05) is 5.33 Å². The monoisotopic (exact) mass is 486 g/mol. The van der Waals surface area contributed by atoms with Crippen molar-refractivity contribution in [3.8, 4) is 0 Å². The highest BCUT2D eigenvalue weighted by atomic mass is 79.9. The minimum atomic E-state index is -4.46. The third kappa shape index (κ3) is 9.16. The van der Waals surface area contributed by atoms with Crippen LogP contribution < -0.4 is 0 Å². The van der Waals surface area contributed by atoms with E-state index >= 15 is 0 Å². The second kappa shape index (κ2) is 11.6. The van der Waals surface area contributed by atoms with Gasteiger partial charge in [0.1, 0.15) is 11.4 Å². The van der Waals surface area contributed by atoms with Gasteiger partial charge in [-0.1, -0.05) is 29.8 Å². The molecule has 0 atom stereocenters. The Morgan fingerprint density at radius 2 is 1.21 bits per heavy atom. The van der Waals surface area contributed by atoms with E-state index in [0.29, 0.717) is 0 Å². The molecule has 4 nitrogen and oxygen atoms in total. The zero-order chi connectivity index (χ0) is 22.8. The van der Waals surface area contributed by atoms with Crippen LogP contribution in [0.25, 0.3) is 0 Å². The number of alkyl halides is 7. The number of nitrogens with zero attached hydrogens (tertiary/aromatic N) is 2. The van der Waals surface area contributed by atoms with Gasteiger partial charge in [0, 0.05) is 23.5 Å². The Balaban J connectivity index is 0.000000499. The van der Waals surface area contributed by atoms with Crippen LogP contribution in [0.3, 0.4) is 0 Å². The molecule has 0 amide bonds. The van der Waals surface area contributed by atoms with Crippen molar-refractivity contribution in [1.82, 2.24) is 9.97 Å². The van der Waals surface area contributed by atoms with Crippen LogP contribution in [0.2, 0.25) is 0 Å². The Labute approximate surface area is 171 Å². The molecule has 2 aromatic heterocycles. The average Bonchev–Trinajstić information content (AvgIpc) is 2.68. The summed E-state index contributed by atoms with van der Waals surface area (Å²) in [4.78, 5) is 28.0. The molecule has 0 radical (unpaired) electrons. The van der Waals surface area contributed by atoms with Gasteiger partial charge in [-0.05, 0) is 31.2 Å². The van der Waals surface area contributed by atoms with Crippen molar-refractivity contribution in [2.45, 2.75) is 33.1 Å². The maximum Gasteiger partial charge on any atom is 0.433 e. The van der Waals surface area contributed by atoms with Gasteiger partial charge in [0.2, 0.25) is 0 Å². The summed E-state index contributed by atoms with van der Waals surface area (Å²) in [7, 11) is 0. The van der Waals surface area contributed by atoms with Gasteiger partial charge in [0.05, 0.1) is 5.33 Å². The zero-order valence-corrected chi connectivity index (χ0v) is 17.1. The van der Waals surface area contributed by atoms with E-state index in [9.17, 15) is 35.9 Å². The first-order chi connectivity index (χ1) is 13.4. The second-order valence-corrected chi connectivity index (χ2v) is 5.53. The van der Waals surface area contributed by atoms with Crippen LogP contribution >= 0.6 is 15.9 Å². The summed E-state index contributed by atoms with van der Waals surface area (Å²) in [6, 6.07) is 3.80. The van der Waals surface area contributed by atoms with E-state index in [1.807, 2.05) is 13.8 Å². The van der Waals surface area contributed by atoms with E-state index < -0.39 is 23.7 Å². The fraction of sp³-hybridized carbons (Fsp3) is 0.333. The highest BCUT2D eigenvalue weighted by Crippen LogP contribution is 2.28. The normalized spacial score (nSPS) is 10.8. The molecule has 0 fully saturated rings. The fourth-order valence-electron chi connectivity index (χ4n) is 1.57. The molecule has 0 spiro atoms. The number of rotatable bonds is 3. The Morgan fingerprint density at radius 3 is 1.45 bits per heavy atom. The lowest BCUT2D eigenvalue weighted by atomic mass is 10.2. The van der Waals surface area contributed by atoms with E-state index in [0.717, 1.165) is 36.7 Å². The SMILES string of the molecule is CC.CC(=O)c1ccc(C(F)(F)F)nc1.O=C(CBr)c1ccc(C(F)(F)F)nc1. The van der Waals surface area contributed by atoms with Gasteiger partial charge in [0.25, 0.3) is 0 Å². The Kier molecular flexibility index (Phi) is 10.7. The van der Waals surface area contributed by atoms with Crippen molar-refractivity contribution in [3.63, 3.8) is 0 Å². The number of carbonyl (C=O) groups is 2. The van der Waals surface area contributed by atoms with Gasteiger partial charge in [-0.25, -0.2) is 0 Å². The third-order valence-corrected chi connectivity index (χ3v) is 3.47. The number of halogens is 7. The van der Waals surface area contributed by atoms with Crippen molar-refractivity contribution >= 4 is 27.5 Å². The first-order valence-electron chi connectivity index (χ1n) is 8.03. The second-order valence-electron chi connectivity index (χ2n) is 4.97. The molecule has 2 rings (SSSR count). The first-order valence-corrected chi connectivity index (χ1v) is 9.15. The van der Waals surface area contributed by atoms with Crippen molar-refractivity contribution in [3.05, 3.63) is 59.2 Å². The van der Waals surface area contributed by atoms with Crippen LogP contribution in [0.1, 0.15) is 52.9 Å². The Bertz CT molecular complexity index is 788. The largest absolute Gasteiger partial charge is 0.433 e. The van der Waals surface area contributed by atoms with Gasteiger partial charge >= 0.3 is 12.4 Å². The molecule has 160 valence electrons. The van der Waals surface area contributed by atoms with Gasteiger partial charge < -0.3 is 0 Å². The predicted octanol–water partition coefficient (Wildman–Crippen LogP) is 6.01. The van der Waals surface area contributed by atoms with Crippen LogP contribution in [0.4, 0.5) is 26.3 Å². The standard InChI is InChI=1S/C8H5BrF3NO.C8H6F3NO.C2H6/c9-3-6(14)5-1-2-7(13-4-5)8(10,11)12;1-5(13)6-2-3-7(12-4-6)8(9,10)11;1-2/h1-2,4H,3H2;2-4H,1H3;1-2H3. The van der Waals surface area contributed by atoms with Gasteiger partial charge in [-0.3, -0.25) is 19.6 Å². The molecule has 11 heteroatoms. The molecule has 2 aromatic rings. The minimum absolute atomic E-state index is 0.0695. The summed E-state index contributed by atoms with van der Waals surface area (Å²) in [5.41, 5.74) is -1.65. The zero-order valence-electron chi connectivity index (χ0n) is 15.5. The average molecular weight is 487 g/mol. The van der Waals surface area contributed by atoms with Crippen molar-refractivity contribution in [1.29, 1.82) is 0 Å². The molecule has 29 heavy (non-hydrogen) atoms. The molecule has 0 saturated carbocycles. The molecule has 0 aliphatic heterocycles. The molecule has 2 heterocycles. The number of pyridine rings is 2. The van der Waals surface area contributed by atoms with E-state index in [1.165, 1.54) is 6.92 Å². The first kappa shape index (κ1) is 26.7. The number of aromatic nitrogens is 2. The Hall–Kier alpha value is -2.30. The van der Waals surface area contributed by atoms with Gasteiger partial charge in [-0.2, -0.15) is 26.3 Å². The quantitative estimate of drug-likeness (QED) is 0.303. The highest BCUT2D eigenvalue weighted by Gasteiger charge is 2.32. The molecule has 0 bridgehead atoms. The molecule has 0 saturated heterocycles. The molecule has 0 unspecified atom stereocenters. The van der Waals surface area contributed by atoms with Crippen LogP contribution in [0.5, 0.6) is 0 Å². The number of Topliss-reactive ketones (excluding diaryl/α,β-unsaturated/α-hetero) is 2. The smallest absolute Gasteiger partial charge is 0.294 e. The number of ketones is 2. The topological polar surface area (TPSA) is 59.9 Å². The molecular weight excluding hydrogens is 470 g/mol. The van der Waals surface area contributed by atoms with Gasteiger partial charge in [0.15, 0.2) is 11.6 Å². The summed E-state index contributed by atoms with van der Waals surface area (Å²) in [5, 5.41) is 0.0695. The van der Waals surface area contributed by atoms with Crippen LogP contribution in [-0.4, -0.2) is 26.9 Å². The summed E-state index contributed by atoms with van der Waals surface area (Å²) >= 11 is 2.91. The molecular formula is C18H17BrF6N2O2. The lowest BCUT2D eigenvalue weighted by molar-refractivity contribution is -0.142. The van der Waals surface area contributed by atoms with E-state index in [4.69, 9.17) is 0 Å². The van der Waals surface area contributed by atoms with Crippen LogP contribution in [0.15, 0.2) is 36.7 Å². The predicted molar refractivity (Wildman–Crippen MR) is 98.0 cm³/mol. The maximum absolute atomic E-state index is 12.0. The van der Waals surface area contributed by atoms with Crippen molar-refractivity contribution in [2.24, 2.45) is 0 Å². The van der Waals surface area contributed by atoms with Crippen LogP contribution in [0, 0.1) is 0 Å². The van der Waals surface area contributed by atoms with E-state index in [1.54, 1.807) is 0 Å². The number of hydrogen-bond donors (Lipinski definition) is 0. The number of hydrogen-bond acceptors (Lipinski definition) is 4. The van der Waals surface area contributed by atoms with E-state index in [2.05, 4.69) is 25.9 Å². The summed E-state index contributed by atoms with van der Waals surface area (Å²) < 4.78 is 72.1. The Morgan fingerprint density at radius 1 is 0.828 bits per heavy atom. The summed E-state index contributed by atoms with van der Waals surface area (Å²) in [6.45, 7) is 5.27. The summed E-state index contributed by atoms with van der Waals surface area (Å²) in [5.74, 6) is -0.604. The molecule has 0 aromatic carbocycles. The molecule has 0 N–H and O–H groups in total. The van der Waals surface area contributed by atoms with Crippen LogP contribution in [-0.2, 0) is 12.4 Å². The van der Waals surface area contributed by atoms with Gasteiger partial charge in [-0.15, -0.1) is 0 Å². The highest BCUT2D eigenvalue weighted by molar-refractivity contribution is 9.09. The lowest BCUT2D eigenvalue weighted by Gasteiger charge is -2.05. The minimum Gasteiger partial charge on any atom is -0.294 e. The fourth-order valence-corrected chi connectivity index (χ4v) is 1.90. The number of carbonyl (C=O) groups excluding carboxylic acids is 2. The summed E-state index contributed by atoms with van der Waals surface area (Å²) in [6.07, 6.45) is -7.07. The van der Waals surface area contributed by atoms with E-state index in [-0.39, 0.29) is 28.0 Å². The van der Waals surface area contributed by atoms with Crippen molar-refractivity contribution < 1.29 is 35.9 Å². The lowest BCUT2D eigenvalue weighted by Crippen LogP contribution is -2.09. The molecule has 0 aliphatic carbocycles. The molecule has 0 aliphatic rings. The maximum atomic E-state index is 12.0. The third-order valence-electron chi connectivity index (χ3n) is 2.96.